The van der Waals surface area contributed by atoms with E-state index in [0.717, 1.165) is 6.54 Å². The minimum atomic E-state index is 0.590. The molecule has 2 heteroatoms. The zero-order valence-electron chi connectivity index (χ0n) is 8.18. The molecule has 0 aliphatic rings. The molecular formula is C11H16BrN. The summed E-state index contributed by atoms with van der Waals surface area (Å²) in [6, 6.07) is 8.91. The smallest absolute Gasteiger partial charge is 0.0220 e. The molecule has 0 aliphatic carbocycles. The Morgan fingerprint density at radius 1 is 1.38 bits per heavy atom. The van der Waals surface area contributed by atoms with E-state index in [-0.39, 0.29) is 0 Å². The van der Waals surface area contributed by atoms with Gasteiger partial charge >= 0.3 is 0 Å². The molecule has 72 valence electrons. The van der Waals surface area contributed by atoms with Gasteiger partial charge in [-0.15, -0.1) is 0 Å². The molecule has 0 radical (unpaired) electrons. The molecule has 1 nitrogen and oxygen atoms in total. The lowest BCUT2D eigenvalue weighted by Gasteiger charge is -2.11. The molecule has 1 aromatic rings. The van der Waals surface area contributed by atoms with E-state index < -0.39 is 0 Å². The van der Waals surface area contributed by atoms with Crippen LogP contribution in [0.5, 0.6) is 0 Å². The van der Waals surface area contributed by atoms with E-state index >= 15 is 0 Å². The predicted octanol–water partition coefficient (Wildman–Crippen LogP) is 3.34. The first kappa shape index (κ1) is 10.7. The fourth-order valence-corrected chi connectivity index (χ4v) is 1.50. The van der Waals surface area contributed by atoms with Crippen LogP contribution in [0, 0.1) is 0 Å². The second-order valence-corrected chi connectivity index (χ2v) is 4.14. The molecule has 0 spiro atoms. The Kier molecular flexibility index (Phi) is 4.46. The van der Waals surface area contributed by atoms with Gasteiger partial charge in [-0.2, -0.15) is 0 Å². The first-order chi connectivity index (χ1) is 6.24. The van der Waals surface area contributed by atoms with Gasteiger partial charge in [0.15, 0.2) is 0 Å². The van der Waals surface area contributed by atoms with Gasteiger partial charge < -0.3 is 5.32 Å². The van der Waals surface area contributed by atoms with Gasteiger partial charge in [0.2, 0.25) is 0 Å². The molecule has 0 heterocycles. The topological polar surface area (TPSA) is 12.0 Å². The van der Waals surface area contributed by atoms with Gasteiger partial charge in [0.1, 0.15) is 0 Å². The van der Waals surface area contributed by atoms with Crippen molar-refractivity contribution in [2.75, 3.05) is 0 Å². The Hall–Kier alpha value is -0.340. The molecular weight excluding hydrogens is 226 g/mol. The molecule has 0 unspecified atom stereocenters. The number of halogens is 1. The lowest BCUT2D eigenvalue weighted by Crippen LogP contribution is -2.24. The molecule has 1 rings (SSSR count). The molecule has 0 saturated carbocycles. The summed E-state index contributed by atoms with van der Waals surface area (Å²) in [6.45, 7) is 5.34. The maximum Gasteiger partial charge on any atom is 0.0220 e. The van der Waals surface area contributed by atoms with Gasteiger partial charge in [-0.25, -0.2) is 0 Å². The van der Waals surface area contributed by atoms with Gasteiger partial charge in [-0.3, -0.25) is 0 Å². The molecule has 1 N–H and O–H groups in total. The van der Waals surface area contributed by atoms with Gasteiger partial charge in [-0.1, -0.05) is 41.1 Å². The Labute approximate surface area is 88.7 Å². The normalized spacial score (nSPS) is 12.8. The lowest BCUT2D eigenvalue weighted by molar-refractivity contribution is 0.533. The molecule has 0 aliphatic heterocycles. The van der Waals surface area contributed by atoms with Crippen molar-refractivity contribution < 1.29 is 0 Å². The summed E-state index contributed by atoms with van der Waals surface area (Å²) in [4.78, 5) is 0. The second-order valence-electron chi connectivity index (χ2n) is 3.28. The van der Waals surface area contributed by atoms with Crippen LogP contribution in [-0.2, 0) is 6.54 Å². The first-order valence-electron chi connectivity index (χ1n) is 4.70. The van der Waals surface area contributed by atoms with Crippen LogP contribution in [0.25, 0.3) is 0 Å². The maximum atomic E-state index is 3.53. The van der Waals surface area contributed by atoms with E-state index in [1.165, 1.54) is 16.5 Å². The van der Waals surface area contributed by atoms with Crippen LogP contribution in [0.3, 0.4) is 0 Å². The van der Waals surface area contributed by atoms with Gasteiger partial charge in [0, 0.05) is 17.1 Å². The third-order valence-electron chi connectivity index (χ3n) is 2.21. The van der Waals surface area contributed by atoms with Gasteiger partial charge in [-0.05, 0) is 25.0 Å². The molecule has 13 heavy (non-hydrogen) atoms. The monoisotopic (exact) mass is 241 g/mol. The quantitative estimate of drug-likeness (QED) is 0.853. The highest BCUT2D eigenvalue weighted by molar-refractivity contribution is 9.10. The van der Waals surface area contributed by atoms with E-state index in [4.69, 9.17) is 0 Å². The van der Waals surface area contributed by atoms with Crippen molar-refractivity contribution >= 4 is 15.9 Å². The number of hydrogen-bond acceptors (Lipinski definition) is 1. The summed E-state index contributed by atoms with van der Waals surface area (Å²) in [5.41, 5.74) is 1.32. The van der Waals surface area contributed by atoms with E-state index in [1.54, 1.807) is 0 Å². The molecule has 0 fully saturated rings. The Bertz CT molecular complexity index is 260. The molecule has 0 aromatic heterocycles. The molecule has 0 saturated heterocycles. The zero-order valence-corrected chi connectivity index (χ0v) is 9.76. The molecule has 0 amide bonds. The molecule has 1 atom stereocenters. The van der Waals surface area contributed by atoms with Crippen LogP contribution in [0.4, 0.5) is 0 Å². The van der Waals surface area contributed by atoms with Crippen LogP contribution < -0.4 is 5.32 Å². The summed E-state index contributed by atoms with van der Waals surface area (Å²) in [5.74, 6) is 0. The van der Waals surface area contributed by atoms with E-state index in [1.807, 2.05) is 6.07 Å². The average Bonchev–Trinajstić information content (AvgIpc) is 2.16. The van der Waals surface area contributed by atoms with Crippen molar-refractivity contribution in [3.05, 3.63) is 34.3 Å². The Balaban J connectivity index is 2.50. The first-order valence-corrected chi connectivity index (χ1v) is 5.50. The number of hydrogen-bond donors (Lipinski definition) is 1. The van der Waals surface area contributed by atoms with Crippen molar-refractivity contribution in [2.45, 2.75) is 32.9 Å². The Morgan fingerprint density at radius 3 is 2.69 bits per heavy atom. The fraction of sp³-hybridized carbons (Fsp3) is 0.455. The summed E-state index contributed by atoms with van der Waals surface area (Å²) in [6.07, 6.45) is 1.17. The van der Waals surface area contributed by atoms with Crippen molar-refractivity contribution in [1.29, 1.82) is 0 Å². The highest BCUT2D eigenvalue weighted by Crippen LogP contribution is 2.15. The average molecular weight is 242 g/mol. The van der Waals surface area contributed by atoms with Crippen LogP contribution in [0.15, 0.2) is 28.7 Å². The van der Waals surface area contributed by atoms with E-state index in [2.05, 4.69) is 53.3 Å². The predicted molar refractivity (Wildman–Crippen MR) is 60.7 cm³/mol. The van der Waals surface area contributed by atoms with E-state index in [9.17, 15) is 0 Å². The largest absolute Gasteiger partial charge is 0.310 e. The van der Waals surface area contributed by atoms with Gasteiger partial charge in [0.05, 0.1) is 0 Å². The molecule has 1 aromatic carbocycles. The van der Waals surface area contributed by atoms with Crippen molar-refractivity contribution in [1.82, 2.24) is 5.32 Å². The van der Waals surface area contributed by atoms with Crippen LogP contribution in [0.1, 0.15) is 25.8 Å². The van der Waals surface area contributed by atoms with Crippen LogP contribution >= 0.6 is 15.9 Å². The number of rotatable bonds is 4. The van der Waals surface area contributed by atoms with Crippen molar-refractivity contribution in [2.24, 2.45) is 0 Å². The van der Waals surface area contributed by atoms with Crippen LogP contribution in [-0.4, -0.2) is 6.04 Å². The second kappa shape index (κ2) is 5.40. The SMILES string of the molecule is CC[C@H](C)NCc1ccccc1Br. The summed E-state index contributed by atoms with van der Waals surface area (Å²) >= 11 is 3.53. The standard InChI is InChI=1S/C11H16BrN/c1-3-9(2)13-8-10-6-4-5-7-11(10)12/h4-7,9,13H,3,8H2,1-2H3/t9-/m0/s1. The third-order valence-corrected chi connectivity index (χ3v) is 2.98. The van der Waals surface area contributed by atoms with Crippen LogP contribution in [0.2, 0.25) is 0 Å². The summed E-state index contributed by atoms with van der Waals surface area (Å²) < 4.78 is 1.19. The van der Waals surface area contributed by atoms with E-state index in [0.29, 0.717) is 6.04 Å². The molecule has 0 bridgehead atoms. The van der Waals surface area contributed by atoms with Gasteiger partial charge in [0.25, 0.3) is 0 Å². The van der Waals surface area contributed by atoms with Crippen molar-refractivity contribution in [3.8, 4) is 0 Å². The lowest BCUT2D eigenvalue weighted by atomic mass is 10.2. The minimum Gasteiger partial charge on any atom is -0.310 e. The summed E-state index contributed by atoms with van der Waals surface area (Å²) in [7, 11) is 0. The number of nitrogens with one attached hydrogen (secondary N) is 1. The Morgan fingerprint density at radius 2 is 2.08 bits per heavy atom. The zero-order chi connectivity index (χ0) is 9.68. The maximum absolute atomic E-state index is 3.53. The highest BCUT2D eigenvalue weighted by atomic mass is 79.9. The summed E-state index contributed by atoms with van der Waals surface area (Å²) in [5, 5.41) is 3.46. The fourth-order valence-electron chi connectivity index (χ4n) is 1.07. The number of benzene rings is 1. The third kappa shape index (κ3) is 3.49. The minimum absolute atomic E-state index is 0.590. The highest BCUT2D eigenvalue weighted by Gasteiger charge is 2.00. The van der Waals surface area contributed by atoms with Crippen molar-refractivity contribution in [3.63, 3.8) is 0 Å².